The lowest BCUT2D eigenvalue weighted by Gasteiger charge is -2.10. The van der Waals surface area contributed by atoms with Crippen molar-refractivity contribution in [1.82, 2.24) is 5.32 Å². The molecule has 0 aromatic heterocycles. The molecule has 0 aromatic carbocycles. The molecule has 78 valence electrons. The summed E-state index contributed by atoms with van der Waals surface area (Å²) < 4.78 is 10.7. The maximum absolute atomic E-state index is 5.43. The van der Waals surface area contributed by atoms with Gasteiger partial charge in [0.15, 0.2) is 0 Å². The van der Waals surface area contributed by atoms with Gasteiger partial charge in [0.1, 0.15) is 0 Å². The van der Waals surface area contributed by atoms with E-state index >= 15 is 0 Å². The summed E-state index contributed by atoms with van der Waals surface area (Å²) in [6.45, 7) is 6.65. The Labute approximate surface area is 80.8 Å². The van der Waals surface area contributed by atoms with E-state index in [0.29, 0.717) is 6.04 Å². The van der Waals surface area contributed by atoms with E-state index in [1.54, 1.807) is 0 Å². The van der Waals surface area contributed by atoms with Gasteiger partial charge in [0.25, 0.3) is 0 Å². The number of rotatable bonds is 7. The van der Waals surface area contributed by atoms with E-state index in [1.807, 2.05) is 0 Å². The van der Waals surface area contributed by atoms with Gasteiger partial charge in [0.05, 0.1) is 13.2 Å². The Kier molecular flexibility index (Phi) is 6.15. The number of hydrogen-bond acceptors (Lipinski definition) is 3. The van der Waals surface area contributed by atoms with Gasteiger partial charge in [-0.15, -0.1) is 0 Å². The van der Waals surface area contributed by atoms with Crippen LogP contribution in [0.1, 0.15) is 26.2 Å². The van der Waals surface area contributed by atoms with Crippen LogP contribution < -0.4 is 5.32 Å². The average molecular weight is 187 g/mol. The molecule has 0 spiro atoms. The predicted molar refractivity (Wildman–Crippen MR) is 53.0 cm³/mol. The minimum Gasteiger partial charge on any atom is -0.380 e. The van der Waals surface area contributed by atoms with Crippen LogP contribution in [0.25, 0.3) is 0 Å². The van der Waals surface area contributed by atoms with Crippen molar-refractivity contribution in [3.05, 3.63) is 0 Å². The summed E-state index contributed by atoms with van der Waals surface area (Å²) in [5, 5.41) is 3.41. The fourth-order valence-electron chi connectivity index (χ4n) is 1.38. The molecule has 0 aliphatic carbocycles. The van der Waals surface area contributed by atoms with Gasteiger partial charge in [-0.05, 0) is 12.8 Å². The Bertz CT molecular complexity index is 113. The number of nitrogens with one attached hydrogen (secondary N) is 1. The van der Waals surface area contributed by atoms with Crippen molar-refractivity contribution < 1.29 is 9.47 Å². The van der Waals surface area contributed by atoms with Crippen LogP contribution in [0.2, 0.25) is 0 Å². The molecule has 0 aromatic rings. The van der Waals surface area contributed by atoms with Crippen LogP contribution in [0.3, 0.4) is 0 Å². The Morgan fingerprint density at radius 1 is 1.46 bits per heavy atom. The molecule has 1 rings (SSSR count). The van der Waals surface area contributed by atoms with Gasteiger partial charge < -0.3 is 14.8 Å². The quantitative estimate of drug-likeness (QED) is 0.607. The summed E-state index contributed by atoms with van der Waals surface area (Å²) in [5.74, 6) is 0. The summed E-state index contributed by atoms with van der Waals surface area (Å²) in [6.07, 6.45) is 3.53. The van der Waals surface area contributed by atoms with E-state index in [0.717, 1.165) is 39.4 Å². The number of ether oxygens (including phenoxy) is 2. The molecule has 0 amide bonds. The number of unbranched alkanes of at least 4 members (excludes halogenated alkanes) is 1. The highest BCUT2D eigenvalue weighted by molar-refractivity contribution is 4.70. The molecule has 0 radical (unpaired) electrons. The van der Waals surface area contributed by atoms with Gasteiger partial charge in [-0.2, -0.15) is 0 Å². The van der Waals surface area contributed by atoms with Crippen LogP contribution in [0.4, 0.5) is 0 Å². The fourth-order valence-corrected chi connectivity index (χ4v) is 1.38. The zero-order chi connectivity index (χ0) is 9.36. The van der Waals surface area contributed by atoms with Gasteiger partial charge in [-0.3, -0.25) is 0 Å². The minimum absolute atomic E-state index is 0.565. The first-order valence-electron chi connectivity index (χ1n) is 5.32. The highest BCUT2D eigenvalue weighted by atomic mass is 16.5. The molecule has 3 heteroatoms. The first kappa shape index (κ1) is 11.0. The largest absolute Gasteiger partial charge is 0.380 e. The van der Waals surface area contributed by atoms with E-state index in [4.69, 9.17) is 9.47 Å². The van der Waals surface area contributed by atoms with E-state index in [1.165, 1.54) is 12.8 Å². The summed E-state index contributed by atoms with van der Waals surface area (Å²) >= 11 is 0. The van der Waals surface area contributed by atoms with Crippen molar-refractivity contribution >= 4 is 0 Å². The molecule has 1 heterocycles. The van der Waals surface area contributed by atoms with Crippen molar-refractivity contribution in [3.63, 3.8) is 0 Å². The maximum atomic E-state index is 5.43. The lowest BCUT2D eigenvalue weighted by atomic mass is 10.3. The predicted octanol–water partition coefficient (Wildman–Crippen LogP) is 1.18. The molecule has 1 unspecified atom stereocenters. The van der Waals surface area contributed by atoms with E-state index in [-0.39, 0.29) is 0 Å². The van der Waals surface area contributed by atoms with Gasteiger partial charge in [0, 0.05) is 25.8 Å². The molecular weight excluding hydrogens is 166 g/mol. The Morgan fingerprint density at radius 2 is 2.38 bits per heavy atom. The van der Waals surface area contributed by atoms with Gasteiger partial charge in [-0.25, -0.2) is 0 Å². The second kappa shape index (κ2) is 7.30. The summed E-state index contributed by atoms with van der Waals surface area (Å²) in [6, 6.07) is 0.565. The second-order valence-electron chi connectivity index (χ2n) is 3.48. The topological polar surface area (TPSA) is 30.5 Å². The van der Waals surface area contributed by atoms with Crippen LogP contribution in [-0.2, 0) is 9.47 Å². The molecule has 1 N–H and O–H groups in total. The molecule has 0 saturated carbocycles. The molecule has 1 aliphatic heterocycles. The molecule has 0 bridgehead atoms. The third-order valence-corrected chi connectivity index (χ3v) is 2.25. The standard InChI is InChI=1S/C10H21NO2/c1-2-3-6-12-8-5-11-10-4-7-13-9-10/h10-11H,2-9H2,1H3. The van der Waals surface area contributed by atoms with E-state index in [2.05, 4.69) is 12.2 Å². The first-order valence-corrected chi connectivity index (χ1v) is 5.32. The smallest absolute Gasteiger partial charge is 0.0620 e. The lowest BCUT2D eigenvalue weighted by molar-refractivity contribution is 0.129. The highest BCUT2D eigenvalue weighted by Crippen LogP contribution is 2.02. The second-order valence-corrected chi connectivity index (χ2v) is 3.48. The number of hydrogen-bond donors (Lipinski definition) is 1. The van der Waals surface area contributed by atoms with Crippen LogP contribution in [0.5, 0.6) is 0 Å². The van der Waals surface area contributed by atoms with Crippen molar-refractivity contribution in [2.75, 3.05) is 33.0 Å². The van der Waals surface area contributed by atoms with Gasteiger partial charge in [-0.1, -0.05) is 13.3 Å². The van der Waals surface area contributed by atoms with Crippen molar-refractivity contribution in [2.45, 2.75) is 32.2 Å². The normalized spacial score (nSPS) is 22.4. The SMILES string of the molecule is CCCCOCCNC1CCOC1. The van der Waals surface area contributed by atoms with E-state index in [9.17, 15) is 0 Å². The fraction of sp³-hybridized carbons (Fsp3) is 1.00. The van der Waals surface area contributed by atoms with Crippen LogP contribution in [0, 0.1) is 0 Å². The summed E-state index contributed by atoms with van der Waals surface area (Å²) in [5.41, 5.74) is 0. The third-order valence-electron chi connectivity index (χ3n) is 2.25. The molecule has 1 fully saturated rings. The maximum Gasteiger partial charge on any atom is 0.0620 e. The molecule has 13 heavy (non-hydrogen) atoms. The molecule has 1 aliphatic rings. The third kappa shape index (κ3) is 5.24. The molecule has 1 saturated heterocycles. The van der Waals surface area contributed by atoms with Crippen molar-refractivity contribution in [1.29, 1.82) is 0 Å². The zero-order valence-electron chi connectivity index (χ0n) is 8.55. The Balaban J connectivity index is 1.78. The van der Waals surface area contributed by atoms with Crippen LogP contribution >= 0.6 is 0 Å². The molecule has 3 nitrogen and oxygen atoms in total. The van der Waals surface area contributed by atoms with E-state index < -0.39 is 0 Å². The van der Waals surface area contributed by atoms with Crippen molar-refractivity contribution in [2.24, 2.45) is 0 Å². The average Bonchev–Trinajstić information content (AvgIpc) is 2.63. The Morgan fingerprint density at radius 3 is 3.08 bits per heavy atom. The zero-order valence-corrected chi connectivity index (χ0v) is 8.55. The summed E-state index contributed by atoms with van der Waals surface area (Å²) in [7, 11) is 0. The van der Waals surface area contributed by atoms with Crippen molar-refractivity contribution in [3.8, 4) is 0 Å². The van der Waals surface area contributed by atoms with Crippen LogP contribution in [-0.4, -0.2) is 39.0 Å². The first-order chi connectivity index (χ1) is 6.43. The highest BCUT2D eigenvalue weighted by Gasteiger charge is 2.13. The van der Waals surface area contributed by atoms with Crippen LogP contribution in [0.15, 0.2) is 0 Å². The Hall–Kier alpha value is -0.120. The van der Waals surface area contributed by atoms with Gasteiger partial charge >= 0.3 is 0 Å². The monoisotopic (exact) mass is 187 g/mol. The minimum atomic E-state index is 0.565. The van der Waals surface area contributed by atoms with Gasteiger partial charge in [0.2, 0.25) is 0 Å². The summed E-state index contributed by atoms with van der Waals surface area (Å²) in [4.78, 5) is 0. The molecule has 1 atom stereocenters. The lowest BCUT2D eigenvalue weighted by Crippen LogP contribution is -2.32. The molecular formula is C10H21NO2.